The number of aromatic nitrogens is 3. The topological polar surface area (TPSA) is 72.2 Å². The van der Waals surface area contributed by atoms with Crippen LogP contribution >= 0.6 is 0 Å². The molecule has 7 nitrogen and oxygen atoms in total. The summed E-state index contributed by atoms with van der Waals surface area (Å²) >= 11 is 0. The standard InChI is InChI=1S/C18H21N7/c19-14-15-16(4-3-6-20-15)23-10-12-25(13-11-23)18-21-7-5-17(22-18)24-8-1-2-9-24/h3-7H,1-2,8-13H2. The van der Waals surface area contributed by atoms with Crippen molar-refractivity contribution in [3.8, 4) is 6.07 Å². The Labute approximate surface area is 147 Å². The number of anilines is 3. The molecular weight excluding hydrogens is 314 g/mol. The maximum Gasteiger partial charge on any atom is 0.227 e. The first-order valence-electron chi connectivity index (χ1n) is 8.78. The highest BCUT2D eigenvalue weighted by molar-refractivity contribution is 5.57. The lowest BCUT2D eigenvalue weighted by molar-refractivity contribution is 0.638. The van der Waals surface area contributed by atoms with Crippen LogP contribution in [0.25, 0.3) is 0 Å². The highest BCUT2D eigenvalue weighted by atomic mass is 15.3. The van der Waals surface area contributed by atoms with E-state index in [4.69, 9.17) is 4.98 Å². The first-order valence-corrected chi connectivity index (χ1v) is 8.78. The fraction of sp³-hybridized carbons (Fsp3) is 0.444. The average molecular weight is 335 g/mol. The Hall–Kier alpha value is -2.88. The molecule has 0 unspecified atom stereocenters. The predicted octanol–water partition coefficient (Wildman–Crippen LogP) is 1.67. The summed E-state index contributed by atoms with van der Waals surface area (Å²) in [5.74, 6) is 1.83. The van der Waals surface area contributed by atoms with Crippen LogP contribution in [0.4, 0.5) is 17.5 Å². The van der Waals surface area contributed by atoms with Crippen LogP contribution in [-0.2, 0) is 0 Å². The van der Waals surface area contributed by atoms with Crippen molar-refractivity contribution in [1.82, 2.24) is 15.0 Å². The minimum Gasteiger partial charge on any atom is -0.366 e. The minimum absolute atomic E-state index is 0.489. The van der Waals surface area contributed by atoms with Crippen molar-refractivity contribution in [3.63, 3.8) is 0 Å². The molecule has 0 spiro atoms. The maximum absolute atomic E-state index is 9.24. The molecule has 25 heavy (non-hydrogen) atoms. The largest absolute Gasteiger partial charge is 0.366 e. The molecule has 0 aliphatic carbocycles. The molecule has 0 aromatic carbocycles. The van der Waals surface area contributed by atoms with Gasteiger partial charge in [0.2, 0.25) is 5.95 Å². The second kappa shape index (κ2) is 6.93. The van der Waals surface area contributed by atoms with E-state index in [1.165, 1.54) is 12.8 Å². The van der Waals surface area contributed by atoms with E-state index in [0.29, 0.717) is 5.69 Å². The summed E-state index contributed by atoms with van der Waals surface area (Å²) in [6.45, 7) is 5.51. The van der Waals surface area contributed by atoms with Crippen LogP contribution in [0.15, 0.2) is 30.6 Å². The summed E-state index contributed by atoms with van der Waals surface area (Å²) in [6, 6.07) is 8.02. The molecule has 128 valence electrons. The molecule has 2 aromatic heterocycles. The zero-order valence-corrected chi connectivity index (χ0v) is 14.2. The Balaban J connectivity index is 1.45. The number of hydrogen-bond acceptors (Lipinski definition) is 7. The fourth-order valence-electron chi connectivity index (χ4n) is 3.50. The molecule has 0 atom stereocenters. The van der Waals surface area contributed by atoms with Gasteiger partial charge in [-0.1, -0.05) is 0 Å². The normalized spacial score (nSPS) is 17.6. The summed E-state index contributed by atoms with van der Waals surface area (Å²) in [7, 11) is 0. The molecule has 2 aromatic rings. The number of nitriles is 1. The second-order valence-corrected chi connectivity index (χ2v) is 6.37. The van der Waals surface area contributed by atoms with Crippen LogP contribution in [0, 0.1) is 11.3 Å². The quantitative estimate of drug-likeness (QED) is 0.845. The molecule has 4 rings (SSSR count). The van der Waals surface area contributed by atoms with E-state index < -0.39 is 0 Å². The molecular formula is C18H21N7. The third-order valence-electron chi connectivity index (χ3n) is 4.85. The van der Waals surface area contributed by atoms with Crippen LogP contribution in [0.5, 0.6) is 0 Å². The number of rotatable bonds is 3. The SMILES string of the molecule is N#Cc1ncccc1N1CCN(c2nccc(N3CCCC3)n2)CC1. The molecule has 2 saturated heterocycles. The minimum atomic E-state index is 0.489. The van der Waals surface area contributed by atoms with E-state index in [9.17, 15) is 5.26 Å². The van der Waals surface area contributed by atoms with Crippen LogP contribution < -0.4 is 14.7 Å². The van der Waals surface area contributed by atoms with Crippen molar-refractivity contribution >= 4 is 17.5 Å². The van der Waals surface area contributed by atoms with Gasteiger partial charge in [-0.15, -0.1) is 0 Å². The molecule has 7 heteroatoms. The number of pyridine rings is 1. The van der Waals surface area contributed by atoms with E-state index in [1.54, 1.807) is 6.20 Å². The Kier molecular flexibility index (Phi) is 4.34. The van der Waals surface area contributed by atoms with Crippen molar-refractivity contribution in [3.05, 3.63) is 36.3 Å². The van der Waals surface area contributed by atoms with Gasteiger partial charge in [0.1, 0.15) is 11.9 Å². The van der Waals surface area contributed by atoms with Gasteiger partial charge < -0.3 is 14.7 Å². The Morgan fingerprint density at radius 2 is 1.60 bits per heavy atom. The van der Waals surface area contributed by atoms with Crippen molar-refractivity contribution in [1.29, 1.82) is 5.26 Å². The van der Waals surface area contributed by atoms with Gasteiger partial charge in [0, 0.05) is 51.7 Å². The lowest BCUT2D eigenvalue weighted by Crippen LogP contribution is -2.47. The first kappa shape index (κ1) is 15.6. The lowest BCUT2D eigenvalue weighted by atomic mass is 10.2. The van der Waals surface area contributed by atoms with Crippen molar-refractivity contribution < 1.29 is 0 Å². The summed E-state index contributed by atoms with van der Waals surface area (Å²) in [5, 5.41) is 9.24. The lowest BCUT2D eigenvalue weighted by Gasteiger charge is -2.36. The zero-order chi connectivity index (χ0) is 17.1. The number of nitrogens with zero attached hydrogens (tertiary/aromatic N) is 7. The molecule has 4 heterocycles. The molecule has 2 fully saturated rings. The zero-order valence-electron chi connectivity index (χ0n) is 14.2. The maximum atomic E-state index is 9.24. The molecule has 0 radical (unpaired) electrons. The van der Waals surface area contributed by atoms with Gasteiger partial charge in [0.05, 0.1) is 5.69 Å². The summed E-state index contributed by atoms with van der Waals surface area (Å²) in [4.78, 5) is 20.2. The van der Waals surface area contributed by atoms with Gasteiger partial charge in [-0.2, -0.15) is 10.2 Å². The van der Waals surface area contributed by atoms with Gasteiger partial charge in [-0.3, -0.25) is 0 Å². The predicted molar refractivity (Wildman–Crippen MR) is 96.9 cm³/mol. The van der Waals surface area contributed by atoms with Crippen molar-refractivity contribution in [2.45, 2.75) is 12.8 Å². The fourth-order valence-corrected chi connectivity index (χ4v) is 3.50. The van der Waals surface area contributed by atoms with Crippen LogP contribution in [0.1, 0.15) is 18.5 Å². The Morgan fingerprint density at radius 1 is 0.840 bits per heavy atom. The smallest absolute Gasteiger partial charge is 0.227 e. The van der Waals surface area contributed by atoms with Gasteiger partial charge in [0.15, 0.2) is 5.69 Å². The second-order valence-electron chi connectivity index (χ2n) is 6.37. The van der Waals surface area contributed by atoms with E-state index in [1.807, 2.05) is 24.4 Å². The van der Waals surface area contributed by atoms with E-state index in [2.05, 4.69) is 30.7 Å². The van der Waals surface area contributed by atoms with Gasteiger partial charge in [-0.25, -0.2) is 9.97 Å². The molecule has 0 N–H and O–H groups in total. The molecule has 0 amide bonds. The van der Waals surface area contributed by atoms with E-state index in [0.717, 1.165) is 56.7 Å². The Morgan fingerprint density at radius 3 is 2.36 bits per heavy atom. The van der Waals surface area contributed by atoms with Gasteiger partial charge >= 0.3 is 0 Å². The van der Waals surface area contributed by atoms with Crippen LogP contribution in [-0.4, -0.2) is 54.2 Å². The van der Waals surface area contributed by atoms with E-state index in [-0.39, 0.29) is 0 Å². The van der Waals surface area contributed by atoms with Crippen molar-refractivity contribution in [2.24, 2.45) is 0 Å². The third kappa shape index (κ3) is 3.20. The molecule has 0 bridgehead atoms. The summed E-state index contributed by atoms with van der Waals surface area (Å²) < 4.78 is 0. The third-order valence-corrected chi connectivity index (χ3v) is 4.85. The molecule has 0 saturated carbocycles. The number of piperazine rings is 1. The van der Waals surface area contributed by atoms with E-state index >= 15 is 0 Å². The highest BCUT2D eigenvalue weighted by Gasteiger charge is 2.22. The summed E-state index contributed by atoms with van der Waals surface area (Å²) in [5.41, 5.74) is 1.40. The highest BCUT2D eigenvalue weighted by Crippen LogP contribution is 2.23. The van der Waals surface area contributed by atoms with Crippen LogP contribution in [0.2, 0.25) is 0 Å². The van der Waals surface area contributed by atoms with Gasteiger partial charge in [-0.05, 0) is 31.0 Å². The molecule has 2 aliphatic heterocycles. The number of hydrogen-bond donors (Lipinski definition) is 0. The van der Waals surface area contributed by atoms with Crippen LogP contribution in [0.3, 0.4) is 0 Å². The van der Waals surface area contributed by atoms with Crippen molar-refractivity contribution in [2.75, 3.05) is 54.0 Å². The Bertz CT molecular complexity index is 771. The van der Waals surface area contributed by atoms with Gasteiger partial charge in [0.25, 0.3) is 0 Å². The monoisotopic (exact) mass is 335 g/mol. The first-order chi connectivity index (χ1) is 12.3. The molecule has 2 aliphatic rings. The average Bonchev–Trinajstić information content (AvgIpc) is 3.23. The summed E-state index contributed by atoms with van der Waals surface area (Å²) in [6.07, 6.45) is 6.00.